The van der Waals surface area contributed by atoms with Crippen molar-refractivity contribution in [2.24, 2.45) is 0 Å². The average molecular weight is 459 g/mol. The van der Waals surface area contributed by atoms with E-state index in [0.717, 1.165) is 12.1 Å². The molecule has 0 aliphatic carbocycles. The van der Waals surface area contributed by atoms with Crippen LogP contribution in [0.15, 0.2) is 42.7 Å². The molecule has 3 heterocycles. The predicted molar refractivity (Wildman–Crippen MR) is 114 cm³/mol. The van der Waals surface area contributed by atoms with E-state index >= 15 is 0 Å². The van der Waals surface area contributed by atoms with Crippen molar-refractivity contribution >= 4 is 27.8 Å². The van der Waals surface area contributed by atoms with Crippen LogP contribution in [0, 0.1) is 0 Å². The second-order valence-electron chi connectivity index (χ2n) is 7.55. The first-order valence-electron chi connectivity index (χ1n) is 10.0. The molecular weight excluding hydrogens is 439 g/mol. The van der Waals surface area contributed by atoms with Crippen LogP contribution in [0.3, 0.4) is 0 Å². The number of H-pyrrole nitrogens is 1. The number of carbonyl (C=O) groups is 1. The highest BCUT2D eigenvalue weighted by Crippen LogP contribution is 2.38. The molecule has 0 radical (unpaired) electrons. The van der Waals surface area contributed by atoms with Crippen molar-refractivity contribution < 1.29 is 32.2 Å². The van der Waals surface area contributed by atoms with Crippen LogP contribution in [0.1, 0.15) is 35.5 Å². The lowest BCUT2D eigenvalue weighted by molar-refractivity contribution is -0.137. The summed E-state index contributed by atoms with van der Waals surface area (Å²) in [5.74, 6) is -0.250. The maximum absolute atomic E-state index is 12.8. The summed E-state index contributed by atoms with van der Waals surface area (Å²) in [6.45, 7) is 3.55. The number of alkyl halides is 3. The third-order valence-corrected chi connectivity index (χ3v) is 4.83. The average Bonchev–Trinajstić information content (AvgIpc) is 3.13. The van der Waals surface area contributed by atoms with Gasteiger partial charge in [-0.3, -0.25) is 0 Å². The number of benzene rings is 1. The van der Waals surface area contributed by atoms with Crippen molar-refractivity contribution in [1.29, 1.82) is 0 Å². The lowest BCUT2D eigenvalue weighted by atomic mass is 10.0. The van der Waals surface area contributed by atoms with E-state index in [1.54, 1.807) is 26.0 Å². The molecule has 0 aliphatic heterocycles. The fourth-order valence-electron chi connectivity index (χ4n) is 3.51. The van der Waals surface area contributed by atoms with Crippen LogP contribution in [0.4, 0.5) is 13.2 Å². The summed E-state index contributed by atoms with van der Waals surface area (Å²) in [4.78, 5) is 23.9. The highest BCUT2D eigenvalue weighted by atomic mass is 19.4. The Labute approximate surface area is 186 Å². The molecule has 0 saturated carbocycles. The van der Waals surface area contributed by atoms with Gasteiger partial charge in [-0.25, -0.2) is 14.8 Å². The SMILES string of the molecule is COCc1c(C(=O)OC(C)C)ncc2[nH]c3cccc(Oc4ccc(C(F)(F)F)cn4)c3c12. The number of hydrogen-bond acceptors (Lipinski definition) is 6. The van der Waals surface area contributed by atoms with E-state index in [9.17, 15) is 18.0 Å². The number of esters is 1. The van der Waals surface area contributed by atoms with Crippen LogP contribution in [0.2, 0.25) is 0 Å². The van der Waals surface area contributed by atoms with Gasteiger partial charge in [0.15, 0.2) is 5.69 Å². The molecule has 1 N–H and O–H groups in total. The number of fused-ring (bicyclic) bond motifs is 3. The Morgan fingerprint density at radius 3 is 2.48 bits per heavy atom. The molecule has 1 aromatic carbocycles. The smallest absolute Gasteiger partial charge is 0.417 e. The molecule has 0 unspecified atom stereocenters. The Morgan fingerprint density at radius 2 is 1.85 bits per heavy atom. The molecule has 33 heavy (non-hydrogen) atoms. The second-order valence-corrected chi connectivity index (χ2v) is 7.55. The molecular formula is C23H20F3N3O4. The Bertz CT molecular complexity index is 1310. The first-order chi connectivity index (χ1) is 15.7. The van der Waals surface area contributed by atoms with Gasteiger partial charge in [-0.1, -0.05) is 6.07 Å². The summed E-state index contributed by atoms with van der Waals surface area (Å²) in [6, 6.07) is 7.26. The van der Waals surface area contributed by atoms with E-state index in [0.29, 0.717) is 39.3 Å². The van der Waals surface area contributed by atoms with Crippen LogP contribution >= 0.6 is 0 Å². The van der Waals surface area contributed by atoms with Crippen LogP contribution in [0.25, 0.3) is 21.8 Å². The van der Waals surface area contributed by atoms with Gasteiger partial charge in [-0.15, -0.1) is 0 Å². The first kappa shape index (κ1) is 22.5. The van der Waals surface area contributed by atoms with Crippen LogP contribution in [0.5, 0.6) is 11.6 Å². The highest BCUT2D eigenvalue weighted by Gasteiger charge is 2.31. The number of rotatable bonds is 6. The number of aromatic nitrogens is 3. The molecule has 0 aliphatic rings. The number of ether oxygens (including phenoxy) is 3. The van der Waals surface area contributed by atoms with Crippen molar-refractivity contribution in [3.63, 3.8) is 0 Å². The third kappa shape index (κ3) is 4.47. The number of pyridine rings is 2. The summed E-state index contributed by atoms with van der Waals surface area (Å²) >= 11 is 0. The normalized spacial score (nSPS) is 12.0. The van der Waals surface area contributed by atoms with Crippen molar-refractivity contribution in [2.45, 2.75) is 32.7 Å². The number of aromatic amines is 1. The van der Waals surface area contributed by atoms with E-state index in [-0.39, 0.29) is 24.3 Å². The molecule has 0 amide bonds. The monoisotopic (exact) mass is 459 g/mol. The fraction of sp³-hybridized carbons (Fsp3) is 0.261. The maximum Gasteiger partial charge on any atom is 0.417 e. The molecule has 4 rings (SSSR count). The molecule has 3 aromatic heterocycles. The van der Waals surface area contributed by atoms with Gasteiger partial charge in [-0.2, -0.15) is 13.2 Å². The Morgan fingerprint density at radius 1 is 1.06 bits per heavy atom. The zero-order valence-corrected chi connectivity index (χ0v) is 18.0. The van der Waals surface area contributed by atoms with E-state index < -0.39 is 17.7 Å². The standard InChI is InChI=1S/C23H20F3N3O4/c1-12(2)32-22(30)21-14(11-31-3)19-16(10-28-21)29-15-5-4-6-17(20(15)19)33-18-8-7-13(9-27-18)23(24,25)26/h4-10,12,29H,11H2,1-3H3. The molecule has 0 spiro atoms. The van der Waals surface area contributed by atoms with E-state index in [1.807, 2.05) is 6.07 Å². The molecule has 0 fully saturated rings. The summed E-state index contributed by atoms with van der Waals surface area (Å²) in [7, 11) is 1.49. The Hall–Kier alpha value is -3.66. The van der Waals surface area contributed by atoms with Gasteiger partial charge in [0.2, 0.25) is 5.88 Å². The molecule has 0 saturated heterocycles. The Balaban J connectivity index is 1.86. The minimum absolute atomic E-state index is 0.00774. The third-order valence-electron chi connectivity index (χ3n) is 4.83. The lowest BCUT2D eigenvalue weighted by Gasteiger charge is -2.13. The second kappa shape index (κ2) is 8.70. The van der Waals surface area contributed by atoms with Gasteiger partial charge in [-0.05, 0) is 32.0 Å². The molecule has 7 nitrogen and oxygen atoms in total. The van der Waals surface area contributed by atoms with Crippen molar-refractivity contribution in [1.82, 2.24) is 15.0 Å². The summed E-state index contributed by atoms with van der Waals surface area (Å²) < 4.78 is 55.0. The minimum Gasteiger partial charge on any atom is -0.458 e. The zero-order chi connectivity index (χ0) is 23.8. The van der Waals surface area contributed by atoms with Gasteiger partial charge < -0.3 is 19.2 Å². The molecule has 172 valence electrons. The van der Waals surface area contributed by atoms with E-state index in [1.165, 1.54) is 13.3 Å². The van der Waals surface area contributed by atoms with Gasteiger partial charge in [0.25, 0.3) is 0 Å². The lowest BCUT2D eigenvalue weighted by Crippen LogP contribution is -2.15. The molecule has 4 aromatic rings. The first-order valence-corrected chi connectivity index (χ1v) is 10.0. The number of carbonyl (C=O) groups excluding carboxylic acids is 1. The Kier molecular flexibility index (Phi) is 5.94. The molecule has 10 heteroatoms. The van der Waals surface area contributed by atoms with Crippen LogP contribution in [-0.4, -0.2) is 34.1 Å². The van der Waals surface area contributed by atoms with Gasteiger partial charge in [0.05, 0.1) is 40.9 Å². The minimum atomic E-state index is -4.49. The number of nitrogens with zero attached hydrogens (tertiary/aromatic N) is 2. The highest BCUT2D eigenvalue weighted by molar-refractivity contribution is 6.13. The molecule has 0 atom stereocenters. The quantitative estimate of drug-likeness (QED) is 0.376. The number of halogens is 3. The summed E-state index contributed by atoms with van der Waals surface area (Å²) in [5.41, 5.74) is 1.06. The number of hydrogen-bond donors (Lipinski definition) is 1. The largest absolute Gasteiger partial charge is 0.458 e. The predicted octanol–water partition coefficient (Wildman–Crippen LogP) is 5.63. The summed E-state index contributed by atoms with van der Waals surface area (Å²) in [5, 5.41) is 1.25. The van der Waals surface area contributed by atoms with Crippen LogP contribution in [-0.2, 0) is 22.3 Å². The van der Waals surface area contributed by atoms with Gasteiger partial charge >= 0.3 is 12.1 Å². The fourth-order valence-corrected chi connectivity index (χ4v) is 3.51. The van der Waals surface area contributed by atoms with E-state index in [4.69, 9.17) is 14.2 Å². The number of nitrogens with one attached hydrogen (secondary N) is 1. The van der Waals surface area contributed by atoms with Crippen molar-refractivity contribution in [3.05, 3.63) is 59.5 Å². The van der Waals surface area contributed by atoms with Gasteiger partial charge in [0.1, 0.15) is 5.75 Å². The zero-order valence-electron chi connectivity index (χ0n) is 18.0. The summed E-state index contributed by atoms with van der Waals surface area (Å²) in [6.07, 6.45) is -2.60. The molecule has 0 bridgehead atoms. The van der Waals surface area contributed by atoms with Gasteiger partial charge in [0, 0.05) is 30.3 Å². The van der Waals surface area contributed by atoms with Crippen molar-refractivity contribution in [3.8, 4) is 11.6 Å². The number of methoxy groups -OCH3 is 1. The van der Waals surface area contributed by atoms with Crippen molar-refractivity contribution in [2.75, 3.05) is 7.11 Å². The van der Waals surface area contributed by atoms with E-state index in [2.05, 4.69) is 15.0 Å². The van der Waals surface area contributed by atoms with Crippen LogP contribution < -0.4 is 4.74 Å². The maximum atomic E-state index is 12.8. The topological polar surface area (TPSA) is 86.3 Å².